The van der Waals surface area contributed by atoms with Gasteiger partial charge in [-0.15, -0.1) is 0 Å². The lowest BCUT2D eigenvalue weighted by Gasteiger charge is -2.12. The van der Waals surface area contributed by atoms with Crippen LogP contribution in [0.2, 0.25) is 0 Å². The molecular formula is C19H22N4O4S2. The maximum Gasteiger partial charge on any atom is 0.267 e. The fourth-order valence-electron chi connectivity index (χ4n) is 2.89. The van der Waals surface area contributed by atoms with E-state index in [2.05, 4.69) is 10.3 Å². The van der Waals surface area contributed by atoms with Crippen molar-refractivity contribution >= 4 is 51.7 Å². The number of aliphatic hydroxyl groups excluding tert-OH is 1. The van der Waals surface area contributed by atoms with Crippen LogP contribution in [0.3, 0.4) is 0 Å². The third-order valence-electron chi connectivity index (χ3n) is 4.32. The van der Waals surface area contributed by atoms with Gasteiger partial charge >= 0.3 is 0 Å². The Morgan fingerprint density at radius 1 is 1.38 bits per heavy atom. The molecule has 0 radical (unpaired) electrons. The second-order valence-corrected chi connectivity index (χ2v) is 7.93. The van der Waals surface area contributed by atoms with E-state index in [1.54, 1.807) is 18.3 Å². The fourth-order valence-corrected chi connectivity index (χ4v) is 4.25. The Kier molecular flexibility index (Phi) is 7.01. The number of pyridine rings is 1. The molecule has 0 saturated carbocycles. The normalized spacial score (nSPS) is 15.7. The Balaban J connectivity index is 2.04. The van der Waals surface area contributed by atoms with E-state index in [1.807, 2.05) is 19.9 Å². The van der Waals surface area contributed by atoms with Gasteiger partial charge in [-0.25, -0.2) is 4.98 Å². The molecular weight excluding hydrogens is 412 g/mol. The van der Waals surface area contributed by atoms with Crippen LogP contribution in [-0.2, 0) is 9.53 Å². The number of amides is 1. The van der Waals surface area contributed by atoms with Crippen LogP contribution < -0.4 is 10.9 Å². The van der Waals surface area contributed by atoms with Gasteiger partial charge in [0.25, 0.3) is 11.5 Å². The summed E-state index contributed by atoms with van der Waals surface area (Å²) in [5, 5.41) is 11.9. The summed E-state index contributed by atoms with van der Waals surface area (Å²) in [5.74, 6) is 0.159. The van der Waals surface area contributed by atoms with Gasteiger partial charge in [-0.1, -0.05) is 30.0 Å². The fraction of sp³-hybridized carbons (Fsp3) is 0.368. The number of anilines is 1. The minimum Gasteiger partial charge on any atom is -0.394 e. The molecule has 1 saturated heterocycles. The van der Waals surface area contributed by atoms with Gasteiger partial charge in [0.15, 0.2) is 0 Å². The molecule has 29 heavy (non-hydrogen) atoms. The summed E-state index contributed by atoms with van der Waals surface area (Å²) in [6.07, 6.45) is 3.20. The summed E-state index contributed by atoms with van der Waals surface area (Å²) in [4.78, 5) is 32.3. The number of carbonyl (C=O) groups is 1. The minimum atomic E-state index is -0.278. The summed E-state index contributed by atoms with van der Waals surface area (Å²) in [6.45, 7) is 5.12. The van der Waals surface area contributed by atoms with Gasteiger partial charge in [0, 0.05) is 19.3 Å². The summed E-state index contributed by atoms with van der Waals surface area (Å²) < 4.78 is 7.20. The van der Waals surface area contributed by atoms with Crippen molar-refractivity contribution in [3.63, 3.8) is 0 Å². The number of aryl methyl sites for hydroxylation is 1. The number of hydrogen-bond acceptors (Lipinski definition) is 8. The standard InChI is InChI=1S/C19H22N4O4S2/c1-3-22-18(26)14(29-19(22)28)11-13-15(20-6-9-27-10-8-24)21-16-12(2)5-4-7-23(16)17(13)25/h4-5,7,11,20,24H,3,6,8-10H2,1-2H3/b14-11-. The van der Waals surface area contributed by atoms with Crippen molar-refractivity contribution in [3.05, 3.63) is 44.7 Å². The number of rotatable bonds is 8. The highest BCUT2D eigenvalue weighted by Crippen LogP contribution is 2.32. The first-order valence-corrected chi connectivity index (χ1v) is 10.4. The molecule has 0 aliphatic carbocycles. The molecule has 0 spiro atoms. The number of thioether (sulfide) groups is 1. The Morgan fingerprint density at radius 3 is 2.86 bits per heavy atom. The van der Waals surface area contributed by atoms with Crippen LogP contribution in [-0.4, -0.2) is 62.5 Å². The van der Waals surface area contributed by atoms with Gasteiger partial charge in [-0.3, -0.25) is 18.9 Å². The molecule has 2 N–H and O–H groups in total. The van der Waals surface area contributed by atoms with Crippen LogP contribution in [0.5, 0.6) is 0 Å². The topological polar surface area (TPSA) is 96.2 Å². The number of aromatic nitrogens is 2. The van der Waals surface area contributed by atoms with E-state index in [1.165, 1.54) is 21.1 Å². The van der Waals surface area contributed by atoms with Crippen molar-refractivity contribution in [2.45, 2.75) is 13.8 Å². The van der Waals surface area contributed by atoms with E-state index in [9.17, 15) is 9.59 Å². The number of fused-ring (bicyclic) bond motifs is 1. The van der Waals surface area contributed by atoms with Crippen LogP contribution in [0.15, 0.2) is 28.0 Å². The lowest BCUT2D eigenvalue weighted by atomic mass is 10.2. The molecule has 1 aliphatic rings. The number of hydrogen-bond donors (Lipinski definition) is 2. The summed E-state index contributed by atoms with van der Waals surface area (Å²) in [5.41, 5.74) is 1.40. The first-order chi connectivity index (χ1) is 14.0. The van der Waals surface area contributed by atoms with Crippen LogP contribution >= 0.6 is 24.0 Å². The van der Waals surface area contributed by atoms with Crippen LogP contribution in [0.25, 0.3) is 11.7 Å². The molecule has 2 aromatic heterocycles. The molecule has 3 rings (SSSR count). The molecule has 0 unspecified atom stereocenters. The second-order valence-electron chi connectivity index (χ2n) is 6.25. The highest BCUT2D eigenvalue weighted by atomic mass is 32.2. The Morgan fingerprint density at radius 2 is 2.17 bits per heavy atom. The molecule has 0 bridgehead atoms. The van der Waals surface area contributed by atoms with E-state index in [-0.39, 0.29) is 30.2 Å². The number of thiocarbonyl (C=S) groups is 1. The van der Waals surface area contributed by atoms with Crippen LogP contribution in [0.4, 0.5) is 5.82 Å². The average molecular weight is 435 g/mol. The number of aliphatic hydroxyl groups is 1. The van der Waals surface area contributed by atoms with Crippen molar-refractivity contribution in [3.8, 4) is 0 Å². The zero-order valence-electron chi connectivity index (χ0n) is 16.2. The van der Waals surface area contributed by atoms with Crippen LogP contribution in [0, 0.1) is 6.92 Å². The summed E-state index contributed by atoms with van der Waals surface area (Å²) >= 11 is 6.43. The zero-order valence-corrected chi connectivity index (χ0v) is 17.8. The van der Waals surface area contributed by atoms with Gasteiger partial charge in [0.1, 0.15) is 15.8 Å². The molecule has 8 nitrogen and oxygen atoms in total. The molecule has 1 fully saturated rings. The summed E-state index contributed by atoms with van der Waals surface area (Å²) in [7, 11) is 0. The first kappa shape index (κ1) is 21.4. The maximum absolute atomic E-state index is 13.2. The molecule has 10 heteroatoms. The zero-order chi connectivity index (χ0) is 21.0. The summed E-state index contributed by atoms with van der Waals surface area (Å²) in [6, 6.07) is 3.66. The molecule has 1 amide bonds. The Labute approximate surface area is 177 Å². The predicted molar refractivity (Wildman–Crippen MR) is 118 cm³/mol. The van der Waals surface area contributed by atoms with Crippen molar-refractivity contribution in [2.24, 2.45) is 0 Å². The lowest BCUT2D eigenvalue weighted by Crippen LogP contribution is -2.27. The molecule has 0 aromatic carbocycles. The van der Waals surface area contributed by atoms with E-state index in [0.29, 0.717) is 40.4 Å². The van der Waals surface area contributed by atoms with E-state index in [4.69, 9.17) is 22.1 Å². The number of ether oxygens (including phenoxy) is 1. The minimum absolute atomic E-state index is 0.0563. The third kappa shape index (κ3) is 4.50. The first-order valence-electron chi connectivity index (χ1n) is 9.17. The highest BCUT2D eigenvalue weighted by molar-refractivity contribution is 8.26. The molecule has 3 heterocycles. The number of carbonyl (C=O) groups excluding carboxylic acids is 1. The quantitative estimate of drug-likeness (QED) is 0.368. The largest absolute Gasteiger partial charge is 0.394 e. The monoisotopic (exact) mass is 434 g/mol. The van der Waals surface area contributed by atoms with Gasteiger partial charge in [-0.05, 0) is 31.6 Å². The Hall–Kier alpha value is -2.27. The van der Waals surface area contributed by atoms with Crippen molar-refractivity contribution in [2.75, 3.05) is 38.2 Å². The van der Waals surface area contributed by atoms with E-state index in [0.717, 1.165) is 5.56 Å². The number of nitrogens with zero attached hydrogens (tertiary/aromatic N) is 3. The SMILES string of the molecule is CCN1C(=O)/C(=C/c2c(NCCOCCO)nc3c(C)cccn3c2=O)SC1=S. The molecule has 154 valence electrons. The van der Waals surface area contributed by atoms with E-state index >= 15 is 0 Å². The van der Waals surface area contributed by atoms with Gasteiger partial charge < -0.3 is 15.2 Å². The number of nitrogens with one attached hydrogen (secondary N) is 1. The average Bonchev–Trinajstić information content (AvgIpc) is 2.97. The second kappa shape index (κ2) is 9.49. The smallest absolute Gasteiger partial charge is 0.267 e. The Bertz CT molecular complexity index is 1030. The van der Waals surface area contributed by atoms with Gasteiger partial charge in [-0.2, -0.15) is 0 Å². The van der Waals surface area contributed by atoms with E-state index < -0.39 is 0 Å². The third-order valence-corrected chi connectivity index (χ3v) is 5.70. The molecule has 1 aliphatic heterocycles. The van der Waals surface area contributed by atoms with Gasteiger partial charge in [0.2, 0.25) is 0 Å². The molecule has 0 atom stereocenters. The highest BCUT2D eigenvalue weighted by Gasteiger charge is 2.31. The van der Waals surface area contributed by atoms with Crippen molar-refractivity contribution < 1.29 is 14.6 Å². The number of likely N-dealkylation sites (N-methyl/N-ethyl adjacent to an activating group) is 1. The maximum atomic E-state index is 13.2. The lowest BCUT2D eigenvalue weighted by molar-refractivity contribution is -0.121. The predicted octanol–water partition coefficient (Wildman–Crippen LogP) is 1.64. The van der Waals surface area contributed by atoms with Crippen LogP contribution in [0.1, 0.15) is 18.1 Å². The van der Waals surface area contributed by atoms with Crippen molar-refractivity contribution in [1.29, 1.82) is 0 Å². The van der Waals surface area contributed by atoms with Crippen molar-refractivity contribution in [1.82, 2.24) is 14.3 Å². The van der Waals surface area contributed by atoms with Gasteiger partial charge in [0.05, 0.1) is 30.3 Å². The molecule has 2 aromatic rings.